The zero-order valence-corrected chi connectivity index (χ0v) is 17.5. The van der Waals surface area contributed by atoms with Gasteiger partial charge in [0.25, 0.3) is 0 Å². The third-order valence-corrected chi connectivity index (χ3v) is 5.28. The lowest BCUT2D eigenvalue weighted by Crippen LogP contribution is -2.24. The van der Waals surface area contributed by atoms with Crippen molar-refractivity contribution >= 4 is 46.4 Å². The molecule has 0 spiro atoms. The second-order valence-corrected chi connectivity index (χ2v) is 7.45. The van der Waals surface area contributed by atoms with Crippen molar-refractivity contribution in [1.82, 2.24) is 0 Å². The molecule has 0 aliphatic heterocycles. The van der Waals surface area contributed by atoms with Crippen LogP contribution in [-0.2, 0) is 30.2 Å². The Morgan fingerprint density at radius 3 is 2.60 bits per heavy atom. The quantitative estimate of drug-likeness (QED) is 0.406. The molecule has 1 aliphatic carbocycles. The summed E-state index contributed by atoms with van der Waals surface area (Å²) in [7, 11) is -0.951. The maximum atomic E-state index is 11.4. The lowest BCUT2D eigenvalue weighted by Gasteiger charge is -2.19. The van der Waals surface area contributed by atoms with Gasteiger partial charge in [0.05, 0.1) is 6.54 Å². The van der Waals surface area contributed by atoms with Gasteiger partial charge in [-0.15, -0.1) is 24.0 Å². The number of guanidine groups is 1. The Bertz CT molecular complexity index is 775. The molecule has 4 nitrogen and oxygen atoms in total. The van der Waals surface area contributed by atoms with Gasteiger partial charge in [-0.2, -0.15) is 0 Å². The van der Waals surface area contributed by atoms with E-state index in [1.807, 2.05) is 24.3 Å². The van der Waals surface area contributed by atoms with Crippen molar-refractivity contribution in [2.75, 3.05) is 11.6 Å². The zero-order chi connectivity index (χ0) is 16.9. The molecule has 1 unspecified atom stereocenters. The van der Waals surface area contributed by atoms with Gasteiger partial charge >= 0.3 is 0 Å². The Morgan fingerprint density at radius 2 is 1.88 bits per heavy atom. The van der Waals surface area contributed by atoms with Crippen LogP contribution < -0.4 is 11.1 Å². The average molecular weight is 469 g/mol. The highest BCUT2D eigenvalue weighted by atomic mass is 127. The van der Waals surface area contributed by atoms with Gasteiger partial charge in [-0.1, -0.05) is 24.3 Å². The summed E-state index contributed by atoms with van der Waals surface area (Å²) in [5.74, 6) is 0.428. The number of nitrogens with two attached hydrogens (primary N) is 1. The Balaban J connectivity index is 0.00000225. The first-order chi connectivity index (χ1) is 11.6. The molecular formula is C19H24IN3OS. The maximum absolute atomic E-state index is 11.4. The third kappa shape index (κ3) is 5.28. The first-order valence-electron chi connectivity index (χ1n) is 8.23. The van der Waals surface area contributed by atoms with E-state index in [1.54, 1.807) is 6.26 Å². The molecule has 2 aromatic carbocycles. The number of nitrogens with zero attached hydrogens (tertiary/aromatic N) is 1. The van der Waals surface area contributed by atoms with Crippen LogP contribution in [0.1, 0.15) is 29.5 Å². The highest BCUT2D eigenvalue weighted by Crippen LogP contribution is 2.27. The topological polar surface area (TPSA) is 67.5 Å². The van der Waals surface area contributed by atoms with Gasteiger partial charge in [-0.3, -0.25) is 4.21 Å². The normalized spacial score (nSPS) is 15.0. The predicted molar refractivity (Wildman–Crippen MR) is 116 cm³/mol. The summed E-state index contributed by atoms with van der Waals surface area (Å²) in [4.78, 5) is 5.24. The van der Waals surface area contributed by atoms with Crippen LogP contribution in [0.3, 0.4) is 0 Å². The summed E-state index contributed by atoms with van der Waals surface area (Å²) < 4.78 is 11.4. The summed E-state index contributed by atoms with van der Waals surface area (Å²) in [6, 6.07) is 14.0. The molecular weight excluding hydrogens is 445 g/mol. The number of fused-ring (bicyclic) bond motifs is 1. The molecule has 25 heavy (non-hydrogen) atoms. The minimum absolute atomic E-state index is 0. The molecule has 6 heteroatoms. The van der Waals surface area contributed by atoms with E-state index >= 15 is 0 Å². The number of anilines is 1. The number of benzene rings is 2. The SMILES string of the molecule is CS(=O)c1ccc(CN=C(N)Nc2cccc3c2CCCC3)cc1.I. The summed E-state index contributed by atoms with van der Waals surface area (Å²) >= 11 is 0. The van der Waals surface area contributed by atoms with E-state index in [0.717, 1.165) is 29.0 Å². The van der Waals surface area contributed by atoms with Gasteiger partial charge in [0, 0.05) is 27.6 Å². The monoisotopic (exact) mass is 469 g/mol. The number of aryl methyl sites for hydroxylation is 1. The molecule has 1 atom stereocenters. The third-order valence-electron chi connectivity index (χ3n) is 4.35. The summed E-state index contributed by atoms with van der Waals surface area (Å²) in [5, 5.41) is 3.25. The molecule has 0 saturated carbocycles. The van der Waals surface area contributed by atoms with Crippen molar-refractivity contribution in [3.63, 3.8) is 0 Å². The van der Waals surface area contributed by atoms with Crippen LogP contribution in [0.2, 0.25) is 0 Å². The molecule has 3 rings (SSSR count). The summed E-state index contributed by atoms with van der Waals surface area (Å²) in [5.41, 5.74) is 11.0. The fourth-order valence-corrected chi connectivity index (χ4v) is 3.56. The highest BCUT2D eigenvalue weighted by Gasteiger charge is 2.13. The highest BCUT2D eigenvalue weighted by molar-refractivity contribution is 14.0. The van der Waals surface area contributed by atoms with Crippen LogP contribution in [0.4, 0.5) is 5.69 Å². The molecule has 2 aromatic rings. The lowest BCUT2D eigenvalue weighted by atomic mass is 9.90. The van der Waals surface area contributed by atoms with E-state index in [2.05, 4.69) is 28.5 Å². The van der Waals surface area contributed by atoms with E-state index < -0.39 is 10.8 Å². The van der Waals surface area contributed by atoms with Gasteiger partial charge in [0.2, 0.25) is 0 Å². The van der Waals surface area contributed by atoms with Crippen molar-refractivity contribution in [2.24, 2.45) is 10.7 Å². The van der Waals surface area contributed by atoms with Crippen molar-refractivity contribution in [2.45, 2.75) is 37.1 Å². The van der Waals surface area contributed by atoms with E-state index in [4.69, 9.17) is 5.73 Å². The summed E-state index contributed by atoms with van der Waals surface area (Å²) in [6.07, 6.45) is 6.41. The summed E-state index contributed by atoms with van der Waals surface area (Å²) in [6.45, 7) is 0.504. The standard InChI is InChI=1S/C19H23N3OS.HI/c1-24(23)16-11-9-14(10-12-16)13-21-19(20)22-18-8-4-6-15-5-2-3-7-17(15)18;/h4,6,8-12H,2-3,5,7,13H2,1H3,(H3,20,21,22);1H. The van der Waals surface area contributed by atoms with Gasteiger partial charge < -0.3 is 11.1 Å². The van der Waals surface area contributed by atoms with Crippen LogP contribution in [0.25, 0.3) is 0 Å². The zero-order valence-electron chi connectivity index (χ0n) is 14.3. The van der Waals surface area contributed by atoms with E-state index in [9.17, 15) is 4.21 Å². The number of rotatable bonds is 4. The Hall–Kier alpha value is -1.41. The van der Waals surface area contributed by atoms with Crippen molar-refractivity contribution in [3.8, 4) is 0 Å². The minimum Gasteiger partial charge on any atom is -0.370 e. The smallest absolute Gasteiger partial charge is 0.193 e. The van der Waals surface area contributed by atoms with Crippen molar-refractivity contribution in [1.29, 1.82) is 0 Å². The van der Waals surface area contributed by atoms with E-state index in [0.29, 0.717) is 12.5 Å². The van der Waals surface area contributed by atoms with Gasteiger partial charge in [-0.25, -0.2) is 4.99 Å². The number of hydrogen-bond donors (Lipinski definition) is 2. The lowest BCUT2D eigenvalue weighted by molar-refractivity contribution is 0.686. The first kappa shape index (κ1) is 19.9. The Labute approximate surface area is 168 Å². The molecule has 0 amide bonds. The van der Waals surface area contributed by atoms with Crippen LogP contribution in [0, 0.1) is 0 Å². The Morgan fingerprint density at radius 1 is 1.16 bits per heavy atom. The fraction of sp³-hybridized carbons (Fsp3) is 0.316. The number of hydrogen-bond acceptors (Lipinski definition) is 2. The molecule has 0 aromatic heterocycles. The van der Waals surface area contributed by atoms with Gasteiger partial charge in [0.1, 0.15) is 0 Å². The molecule has 134 valence electrons. The number of halogens is 1. The second-order valence-electron chi connectivity index (χ2n) is 6.07. The molecule has 0 fully saturated rings. The average Bonchev–Trinajstić information content (AvgIpc) is 2.61. The molecule has 3 N–H and O–H groups in total. The molecule has 1 aliphatic rings. The van der Waals surface area contributed by atoms with Crippen molar-refractivity contribution in [3.05, 3.63) is 59.2 Å². The molecule has 0 saturated heterocycles. The number of aliphatic imine (C=N–C) groups is 1. The van der Waals surface area contributed by atoms with Crippen LogP contribution >= 0.6 is 24.0 Å². The van der Waals surface area contributed by atoms with E-state index in [-0.39, 0.29) is 24.0 Å². The largest absolute Gasteiger partial charge is 0.370 e. The molecule has 0 radical (unpaired) electrons. The Kier molecular flexibility index (Phi) is 7.43. The van der Waals surface area contributed by atoms with Crippen LogP contribution in [0.5, 0.6) is 0 Å². The number of nitrogens with one attached hydrogen (secondary N) is 1. The van der Waals surface area contributed by atoms with Gasteiger partial charge in [0.15, 0.2) is 5.96 Å². The van der Waals surface area contributed by atoms with E-state index in [1.165, 1.54) is 24.0 Å². The van der Waals surface area contributed by atoms with Crippen molar-refractivity contribution < 1.29 is 4.21 Å². The van der Waals surface area contributed by atoms with Crippen LogP contribution in [-0.4, -0.2) is 16.4 Å². The predicted octanol–water partition coefficient (Wildman–Crippen LogP) is 3.85. The fourth-order valence-electron chi connectivity index (χ4n) is 3.04. The first-order valence-corrected chi connectivity index (χ1v) is 9.79. The van der Waals surface area contributed by atoms with Crippen LogP contribution in [0.15, 0.2) is 52.4 Å². The maximum Gasteiger partial charge on any atom is 0.193 e. The minimum atomic E-state index is -0.951. The second kappa shape index (κ2) is 9.33. The molecule has 0 bridgehead atoms. The molecule has 0 heterocycles. The van der Waals surface area contributed by atoms with Gasteiger partial charge in [-0.05, 0) is 60.6 Å².